The standard InChI is InChI=1S/C17H23NO4S/c1-3-12(2)13-6-4-5-7-14(13)22-10-15(19)18-17(16(20)21)8-9-23-11-17/h4-7,12H,3,8-11H2,1-2H3,(H,18,19)(H,20,21). The number of nitrogens with one attached hydrogen (secondary N) is 1. The number of hydrogen-bond donors (Lipinski definition) is 2. The number of carboxylic acid groups (broad SMARTS) is 1. The van der Waals surface area contributed by atoms with Crippen molar-refractivity contribution in [2.24, 2.45) is 0 Å². The summed E-state index contributed by atoms with van der Waals surface area (Å²) in [6, 6.07) is 7.65. The molecule has 1 saturated heterocycles. The van der Waals surface area contributed by atoms with Crippen molar-refractivity contribution in [2.45, 2.75) is 38.1 Å². The van der Waals surface area contributed by atoms with Crippen molar-refractivity contribution in [3.05, 3.63) is 29.8 Å². The first-order valence-electron chi connectivity index (χ1n) is 7.82. The van der Waals surface area contributed by atoms with Gasteiger partial charge in [-0.1, -0.05) is 32.0 Å². The highest BCUT2D eigenvalue weighted by molar-refractivity contribution is 7.99. The van der Waals surface area contributed by atoms with Crippen LogP contribution in [0.3, 0.4) is 0 Å². The first kappa shape index (κ1) is 17.7. The van der Waals surface area contributed by atoms with Crippen LogP contribution in [0.4, 0.5) is 0 Å². The van der Waals surface area contributed by atoms with Gasteiger partial charge in [-0.15, -0.1) is 0 Å². The lowest BCUT2D eigenvalue weighted by Gasteiger charge is -2.24. The molecular formula is C17H23NO4S. The van der Waals surface area contributed by atoms with E-state index < -0.39 is 17.4 Å². The highest BCUT2D eigenvalue weighted by Gasteiger charge is 2.43. The summed E-state index contributed by atoms with van der Waals surface area (Å²) in [4.78, 5) is 23.6. The predicted molar refractivity (Wildman–Crippen MR) is 91.1 cm³/mol. The zero-order chi connectivity index (χ0) is 16.9. The van der Waals surface area contributed by atoms with E-state index in [1.165, 1.54) is 11.8 Å². The molecule has 1 heterocycles. The van der Waals surface area contributed by atoms with Gasteiger partial charge in [-0.05, 0) is 36.1 Å². The molecule has 2 atom stereocenters. The molecule has 0 bridgehead atoms. The first-order chi connectivity index (χ1) is 11.0. The van der Waals surface area contributed by atoms with Gasteiger partial charge in [-0.2, -0.15) is 11.8 Å². The van der Waals surface area contributed by atoms with Gasteiger partial charge in [-0.3, -0.25) is 4.79 Å². The van der Waals surface area contributed by atoms with Gasteiger partial charge in [0.05, 0.1) is 0 Å². The molecule has 0 saturated carbocycles. The molecule has 1 aromatic rings. The van der Waals surface area contributed by atoms with Crippen LogP contribution in [-0.4, -0.2) is 40.6 Å². The lowest BCUT2D eigenvalue weighted by Crippen LogP contribution is -2.55. The van der Waals surface area contributed by atoms with Gasteiger partial charge in [0, 0.05) is 5.75 Å². The Morgan fingerprint density at radius 1 is 1.43 bits per heavy atom. The number of para-hydroxylation sites is 1. The average molecular weight is 337 g/mol. The number of carbonyl (C=O) groups excluding carboxylic acids is 1. The van der Waals surface area contributed by atoms with Gasteiger partial charge in [0.25, 0.3) is 5.91 Å². The van der Waals surface area contributed by atoms with Crippen LogP contribution >= 0.6 is 11.8 Å². The number of benzene rings is 1. The molecule has 2 N–H and O–H groups in total. The minimum absolute atomic E-state index is 0.173. The highest BCUT2D eigenvalue weighted by atomic mass is 32.2. The third-order valence-electron chi connectivity index (χ3n) is 4.23. The second-order valence-corrected chi connectivity index (χ2v) is 6.98. The molecule has 23 heavy (non-hydrogen) atoms. The van der Waals surface area contributed by atoms with Crippen LogP contribution in [0, 0.1) is 0 Å². The number of carboxylic acids is 1. The molecule has 1 aliphatic rings. The summed E-state index contributed by atoms with van der Waals surface area (Å²) >= 11 is 1.54. The van der Waals surface area contributed by atoms with E-state index in [9.17, 15) is 14.7 Å². The van der Waals surface area contributed by atoms with Crippen molar-refractivity contribution in [1.29, 1.82) is 0 Å². The van der Waals surface area contributed by atoms with Crippen LogP contribution in [-0.2, 0) is 9.59 Å². The molecule has 1 amide bonds. The van der Waals surface area contributed by atoms with Crippen molar-refractivity contribution < 1.29 is 19.4 Å². The third kappa shape index (κ3) is 4.19. The molecule has 1 fully saturated rings. The average Bonchev–Trinajstić information content (AvgIpc) is 3.02. The Kier molecular flexibility index (Phi) is 5.93. The van der Waals surface area contributed by atoms with Gasteiger partial charge in [0.15, 0.2) is 6.61 Å². The van der Waals surface area contributed by atoms with E-state index in [1.807, 2.05) is 24.3 Å². The maximum atomic E-state index is 12.1. The summed E-state index contributed by atoms with van der Waals surface area (Å²) in [5.74, 6) is 0.791. The second-order valence-electron chi connectivity index (χ2n) is 5.87. The van der Waals surface area contributed by atoms with Crippen LogP contribution in [0.1, 0.15) is 38.2 Å². The number of hydrogen-bond acceptors (Lipinski definition) is 4. The summed E-state index contributed by atoms with van der Waals surface area (Å²) in [7, 11) is 0. The maximum absolute atomic E-state index is 12.1. The molecule has 126 valence electrons. The number of carbonyl (C=O) groups is 2. The summed E-state index contributed by atoms with van der Waals surface area (Å²) in [6.07, 6.45) is 1.42. The Balaban J connectivity index is 1.98. The Morgan fingerprint density at radius 3 is 2.78 bits per heavy atom. The van der Waals surface area contributed by atoms with Crippen LogP contribution in [0.25, 0.3) is 0 Å². The highest BCUT2D eigenvalue weighted by Crippen LogP contribution is 2.29. The van der Waals surface area contributed by atoms with E-state index in [4.69, 9.17) is 4.74 Å². The number of ether oxygens (including phenoxy) is 1. The molecule has 6 heteroatoms. The summed E-state index contributed by atoms with van der Waals surface area (Å²) in [5.41, 5.74) is -0.0893. The Morgan fingerprint density at radius 2 is 2.17 bits per heavy atom. The number of rotatable bonds is 7. The zero-order valence-electron chi connectivity index (χ0n) is 13.5. The molecule has 1 aliphatic heterocycles. The minimum Gasteiger partial charge on any atom is -0.483 e. The van der Waals surface area contributed by atoms with E-state index in [0.717, 1.165) is 17.7 Å². The van der Waals surface area contributed by atoms with E-state index >= 15 is 0 Å². The third-order valence-corrected chi connectivity index (χ3v) is 5.42. The lowest BCUT2D eigenvalue weighted by atomic mass is 9.98. The molecule has 1 aromatic carbocycles. The Hall–Kier alpha value is -1.69. The molecule has 0 aliphatic carbocycles. The van der Waals surface area contributed by atoms with Crippen LogP contribution < -0.4 is 10.1 Å². The number of amides is 1. The smallest absolute Gasteiger partial charge is 0.330 e. The minimum atomic E-state index is -1.15. The molecule has 5 nitrogen and oxygen atoms in total. The van der Waals surface area contributed by atoms with Crippen LogP contribution in [0.5, 0.6) is 5.75 Å². The van der Waals surface area contributed by atoms with Gasteiger partial charge < -0.3 is 15.2 Å². The van der Waals surface area contributed by atoms with E-state index in [0.29, 0.717) is 23.8 Å². The van der Waals surface area contributed by atoms with Gasteiger partial charge in [-0.25, -0.2) is 4.79 Å². The molecule has 2 rings (SSSR count). The second kappa shape index (κ2) is 7.73. The lowest BCUT2D eigenvalue weighted by molar-refractivity contribution is -0.146. The van der Waals surface area contributed by atoms with Gasteiger partial charge in [0.2, 0.25) is 0 Å². The van der Waals surface area contributed by atoms with Crippen molar-refractivity contribution in [3.63, 3.8) is 0 Å². The fraction of sp³-hybridized carbons (Fsp3) is 0.529. The van der Waals surface area contributed by atoms with Crippen molar-refractivity contribution in [1.82, 2.24) is 5.32 Å². The first-order valence-corrected chi connectivity index (χ1v) is 8.98. The summed E-state index contributed by atoms with van der Waals surface area (Å²) < 4.78 is 5.65. The normalized spacial score (nSPS) is 21.7. The molecule has 2 unspecified atom stereocenters. The largest absolute Gasteiger partial charge is 0.483 e. The summed E-state index contributed by atoms with van der Waals surface area (Å²) in [5, 5.41) is 12.0. The Bertz CT molecular complexity index is 569. The summed E-state index contributed by atoms with van der Waals surface area (Å²) in [6.45, 7) is 4.03. The molecular weight excluding hydrogens is 314 g/mol. The molecule has 0 spiro atoms. The van der Waals surface area contributed by atoms with Crippen LogP contribution in [0.2, 0.25) is 0 Å². The number of thioether (sulfide) groups is 1. The monoisotopic (exact) mass is 337 g/mol. The fourth-order valence-electron chi connectivity index (χ4n) is 2.57. The maximum Gasteiger partial charge on any atom is 0.330 e. The topological polar surface area (TPSA) is 75.6 Å². The van der Waals surface area contributed by atoms with Crippen molar-refractivity contribution >= 4 is 23.6 Å². The van der Waals surface area contributed by atoms with Crippen molar-refractivity contribution in [3.8, 4) is 5.75 Å². The predicted octanol–water partition coefficient (Wildman–Crippen LogP) is 2.66. The zero-order valence-corrected chi connectivity index (χ0v) is 14.3. The quantitative estimate of drug-likeness (QED) is 0.800. The van der Waals surface area contributed by atoms with E-state index in [2.05, 4.69) is 19.2 Å². The molecule has 0 radical (unpaired) electrons. The van der Waals surface area contributed by atoms with Crippen LogP contribution in [0.15, 0.2) is 24.3 Å². The van der Waals surface area contributed by atoms with Gasteiger partial charge >= 0.3 is 5.97 Å². The Labute approximate surface area is 140 Å². The number of aliphatic carboxylic acids is 1. The van der Waals surface area contributed by atoms with E-state index in [-0.39, 0.29) is 6.61 Å². The van der Waals surface area contributed by atoms with Gasteiger partial charge in [0.1, 0.15) is 11.3 Å². The van der Waals surface area contributed by atoms with Crippen molar-refractivity contribution in [2.75, 3.05) is 18.1 Å². The van der Waals surface area contributed by atoms with E-state index in [1.54, 1.807) is 0 Å². The molecule has 0 aromatic heterocycles. The fourth-order valence-corrected chi connectivity index (χ4v) is 3.90. The SMILES string of the molecule is CCC(C)c1ccccc1OCC(=O)NC1(C(=O)O)CCSC1.